The maximum atomic E-state index is 13.7. The van der Waals surface area contributed by atoms with Crippen molar-refractivity contribution in [3.05, 3.63) is 0 Å². The number of amides is 2. The van der Waals surface area contributed by atoms with Crippen molar-refractivity contribution in [3.63, 3.8) is 0 Å². The Morgan fingerprint density at radius 2 is 1.77 bits per heavy atom. The number of ether oxygens (including phenoxy) is 5. The van der Waals surface area contributed by atoms with E-state index in [4.69, 9.17) is 23.7 Å². The molecule has 0 radical (unpaired) electrons. The van der Waals surface area contributed by atoms with E-state index in [0.717, 1.165) is 6.42 Å². The van der Waals surface area contributed by atoms with Gasteiger partial charge in [0.1, 0.15) is 5.60 Å². The summed E-state index contributed by atoms with van der Waals surface area (Å²) in [5.74, 6) is -2.02. The summed E-state index contributed by atoms with van der Waals surface area (Å²) in [7, 11) is 7.47. The number of nitrogens with zero attached hydrogens (tertiary/aromatic N) is 2. The highest BCUT2D eigenvalue weighted by Gasteiger charge is 2.57. The molecule has 4 fully saturated rings. The fourth-order valence-corrected chi connectivity index (χ4v) is 9.17. The van der Waals surface area contributed by atoms with Crippen molar-refractivity contribution in [1.82, 2.24) is 15.1 Å². The predicted octanol–water partition coefficient (Wildman–Crippen LogP) is 2.59. The minimum Gasteiger partial charge on any atom is -0.457 e. The van der Waals surface area contributed by atoms with Gasteiger partial charge in [0.15, 0.2) is 12.4 Å². The number of hydrogen-bond donors (Lipinski definition) is 2. The van der Waals surface area contributed by atoms with Gasteiger partial charge in [-0.3, -0.25) is 14.4 Å². The van der Waals surface area contributed by atoms with E-state index in [-0.39, 0.29) is 60.3 Å². The van der Waals surface area contributed by atoms with Crippen molar-refractivity contribution in [2.45, 2.75) is 135 Å². The molecule has 12 heteroatoms. The van der Waals surface area contributed by atoms with Gasteiger partial charge in [0.25, 0.3) is 0 Å². The Labute approximate surface area is 281 Å². The molecule has 0 aromatic heterocycles. The molecule has 47 heavy (non-hydrogen) atoms. The van der Waals surface area contributed by atoms with E-state index >= 15 is 0 Å². The van der Waals surface area contributed by atoms with Gasteiger partial charge in [-0.05, 0) is 78.3 Å². The molecule has 4 saturated heterocycles. The van der Waals surface area contributed by atoms with Crippen molar-refractivity contribution < 1.29 is 43.2 Å². The van der Waals surface area contributed by atoms with E-state index in [9.17, 15) is 19.5 Å². The van der Waals surface area contributed by atoms with Crippen LogP contribution in [0.15, 0.2) is 0 Å². The first-order valence-corrected chi connectivity index (χ1v) is 17.5. The summed E-state index contributed by atoms with van der Waals surface area (Å²) in [6, 6.07) is 0.169. The summed E-state index contributed by atoms with van der Waals surface area (Å²) in [5, 5.41) is 15.7. The number of carbonyl (C=O) groups excluding carboxylic acids is 3. The molecule has 4 heterocycles. The van der Waals surface area contributed by atoms with Crippen LogP contribution in [-0.2, 0) is 38.1 Å². The van der Waals surface area contributed by atoms with Crippen LogP contribution in [0.5, 0.6) is 0 Å². The van der Waals surface area contributed by atoms with Crippen molar-refractivity contribution in [2.75, 3.05) is 41.3 Å². The zero-order chi connectivity index (χ0) is 35.0. The Morgan fingerprint density at radius 3 is 2.38 bits per heavy atom. The molecule has 0 saturated carbocycles. The normalized spacial score (nSPS) is 45.5. The third-order valence-electron chi connectivity index (χ3n) is 11.5. The first-order chi connectivity index (χ1) is 21.9. The first kappa shape index (κ1) is 38.0. The van der Waals surface area contributed by atoms with Crippen LogP contribution in [0, 0.1) is 29.6 Å². The second-order valence-electron chi connectivity index (χ2n) is 15.7. The lowest BCUT2D eigenvalue weighted by Gasteiger charge is -2.56. The predicted molar refractivity (Wildman–Crippen MR) is 175 cm³/mol. The smallest absolute Gasteiger partial charge is 0.303 e. The molecule has 4 aliphatic rings. The van der Waals surface area contributed by atoms with Gasteiger partial charge >= 0.3 is 5.97 Å². The van der Waals surface area contributed by atoms with Gasteiger partial charge in [-0.15, -0.1) is 0 Å². The number of fused-ring (bicyclic) bond motifs is 2. The lowest BCUT2D eigenvalue weighted by molar-refractivity contribution is -0.327. The van der Waals surface area contributed by atoms with Crippen LogP contribution in [0.2, 0.25) is 0 Å². The molecule has 12 nitrogen and oxygen atoms in total. The fraction of sp³-hybridized carbons (Fsp3) is 0.914. The minimum atomic E-state index is -1.23. The molecule has 0 aromatic carbocycles. The molecule has 0 bridgehead atoms. The highest BCUT2D eigenvalue weighted by atomic mass is 16.7. The van der Waals surface area contributed by atoms with Crippen molar-refractivity contribution in [3.8, 4) is 0 Å². The highest BCUT2D eigenvalue weighted by molar-refractivity contribution is 5.85. The molecular formula is C35H61N3O9. The van der Waals surface area contributed by atoms with Gasteiger partial charge in [-0.1, -0.05) is 20.8 Å². The quantitative estimate of drug-likeness (QED) is 0.421. The zero-order valence-electron chi connectivity index (χ0n) is 30.5. The number of carbonyl (C=O) groups is 3. The average Bonchev–Trinajstić information content (AvgIpc) is 2.98. The van der Waals surface area contributed by atoms with Crippen LogP contribution >= 0.6 is 0 Å². The summed E-state index contributed by atoms with van der Waals surface area (Å²) in [6.45, 7) is 13.6. The molecule has 0 aliphatic carbocycles. The first-order valence-electron chi connectivity index (χ1n) is 17.5. The van der Waals surface area contributed by atoms with Crippen LogP contribution in [0.1, 0.15) is 80.6 Å². The molecule has 0 spiro atoms. The van der Waals surface area contributed by atoms with Gasteiger partial charge in [-0.2, -0.15) is 0 Å². The molecular weight excluding hydrogens is 606 g/mol. The summed E-state index contributed by atoms with van der Waals surface area (Å²) in [4.78, 5) is 42.6. The third-order valence-corrected chi connectivity index (χ3v) is 11.5. The zero-order valence-corrected chi connectivity index (χ0v) is 30.5. The molecule has 2 amide bonds. The SMILES string of the molecule is CO[C@]1(C)C[C@H](C[C@H]2[C@H](C)[C@H]3O[C@@H]4O[C@H](C)C[C@H](N(C)C)[C@H]4C[C@@]3(O)C[C@@H](C)CN(C)C(=O)CNC(=O)[C@@H]2C)O[C@@H](C)[C@@H]1OC(C)=O. The Kier molecular flexibility index (Phi) is 12.1. The van der Waals surface area contributed by atoms with Gasteiger partial charge in [0.2, 0.25) is 11.8 Å². The van der Waals surface area contributed by atoms with Crippen LogP contribution in [-0.4, -0.2) is 128 Å². The minimum absolute atomic E-state index is 0.00648. The van der Waals surface area contributed by atoms with E-state index < -0.39 is 47.7 Å². The van der Waals surface area contributed by atoms with Crippen molar-refractivity contribution in [1.29, 1.82) is 0 Å². The van der Waals surface area contributed by atoms with Gasteiger partial charge in [-0.25, -0.2) is 0 Å². The van der Waals surface area contributed by atoms with Crippen LogP contribution < -0.4 is 5.32 Å². The standard InChI is InChI=1S/C35H61N3O9/c1-19-14-35(42)16-27-28(37(8)9)12-20(2)44-33(27)47-30(35)21(3)26(22(4)32(41)36-17-29(40)38(10)18-19)13-25-15-34(7,43-11)31(23(5)45-25)46-24(6)39/h19-23,25-28,30-31,33,42H,12-18H2,1-11H3,(H,36,41)/t19-,20-,21+,22-,23+,25+,26+,27-,28+,30-,31+,33+,34-,35+/m1/s1. The van der Waals surface area contributed by atoms with Crippen LogP contribution in [0.3, 0.4) is 0 Å². The van der Waals surface area contributed by atoms with Gasteiger partial charge in [0, 0.05) is 51.9 Å². The average molecular weight is 668 g/mol. The second kappa shape index (κ2) is 15.0. The Hall–Kier alpha value is -1.83. The Morgan fingerprint density at radius 1 is 1.09 bits per heavy atom. The lowest BCUT2D eigenvalue weighted by Crippen LogP contribution is -2.64. The number of nitrogens with one attached hydrogen (secondary N) is 1. The highest BCUT2D eigenvalue weighted by Crippen LogP contribution is 2.49. The number of esters is 1. The molecule has 14 atom stereocenters. The van der Waals surface area contributed by atoms with Crippen molar-refractivity contribution in [2.24, 2.45) is 29.6 Å². The van der Waals surface area contributed by atoms with E-state index in [1.165, 1.54) is 6.92 Å². The number of likely N-dealkylation sites (N-methyl/N-ethyl adjacent to an activating group) is 1. The van der Waals surface area contributed by atoms with Crippen LogP contribution in [0.25, 0.3) is 0 Å². The number of aliphatic hydroxyl groups is 1. The summed E-state index contributed by atoms with van der Waals surface area (Å²) in [6.07, 6.45) is 0.155. The maximum absolute atomic E-state index is 13.7. The maximum Gasteiger partial charge on any atom is 0.303 e. The monoisotopic (exact) mass is 667 g/mol. The molecule has 2 N–H and O–H groups in total. The van der Waals surface area contributed by atoms with Crippen LogP contribution in [0.4, 0.5) is 0 Å². The molecule has 0 aromatic rings. The second-order valence-corrected chi connectivity index (χ2v) is 15.7. The molecule has 4 rings (SSSR count). The Balaban J connectivity index is 1.73. The summed E-state index contributed by atoms with van der Waals surface area (Å²) < 4.78 is 31.4. The molecule has 4 aliphatic heterocycles. The summed E-state index contributed by atoms with van der Waals surface area (Å²) in [5.41, 5.74) is -2.03. The van der Waals surface area contributed by atoms with E-state index in [0.29, 0.717) is 32.2 Å². The third kappa shape index (κ3) is 8.32. The number of hydrogen-bond acceptors (Lipinski definition) is 10. The topological polar surface area (TPSA) is 136 Å². The molecule has 270 valence electrons. The van der Waals surface area contributed by atoms with E-state index in [1.807, 2.05) is 20.8 Å². The Bertz CT molecular complexity index is 1120. The fourth-order valence-electron chi connectivity index (χ4n) is 9.17. The van der Waals surface area contributed by atoms with Gasteiger partial charge in [0.05, 0.1) is 36.6 Å². The summed E-state index contributed by atoms with van der Waals surface area (Å²) >= 11 is 0. The number of rotatable bonds is 5. The van der Waals surface area contributed by atoms with E-state index in [1.54, 1.807) is 19.1 Å². The van der Waals surface area contributed by atoms with Gasteiger partial charge < -0.3 is 43.9 Å². The number of methoxy groups -OCH3 is 1. The molecule has 0 unspecified atom stereocenters. The largest absolute Gasteiger partial charge is 0.457 e. The van der Waals surface area contributed by atoms with E-state index in [2.05, 4.69) is 45.1 Å². The van der Waals surface area contributed by atoms with Crippen molar-refractivity contribution >= 4 is 17.8 Å². The lowest BCUT2D eigenvalue weighted by atomic mass is 9.66.